The Morgan fingerprint density at radius 2 is 1.95 bits per heavy atom. The van der Waals surface area contributed by atoms with Crippen LogP contribution in [-0.4, -0.2) is 26.3 Å². The van der Waals surface area contributed by atoms with E-state index in [4.69, 9.17) is 9.47 Å². The number of carbonyl (C=O) groups excluding carboxylic acids is 1. The molecule has 2 aromatic rings. The Hall–Kier alpha value is -2.34. The Kier molecular flexibility index (Phi) is 5.55. The molecule has 0 saturated heterocycles. The molecule has 0 unspecified atom stereocenters. The molecular formula is C16H15BrN2O3. The molecule has 0 aliphatic carbocycles. The number of benzene rings is 2. The fraction of sp³-hybridized carbons (Fsp3) is 0.125. The van der Waals surface area contributed by atoms with Gasteiger partial charge >= 0.3 is 0 Å². The van der Waals surface area contributed by atoms with E-state index in [2.05, 4.69) is 26.5 Å². The van der Waals surface area contributed by atoms with Gasteiger partial charge in [-0.05, 0) is 46.3 Å². The highest BCUT2D eigenvalue weighted by Crippen LogP contribution is 2.22. The lowest BCUT2D eigenvalue weighted by molar-refractivity contribution is 0.0954. The molecule has 0 aliphatic heterocycles. The number of hydrazone groups is 1. The van der Waals surface area contributed by atoms with Gasteiger partial charge in [0.1, 0.15) is 11.5 Å². The smallest absolute Gasteiger partial charge is 0.272 e. The predicted octanol–water partition coefficient (Wildman–Crippen LogP) is 3.23. The molecule has 2 aromatic carbocycles. The minimum atomic E-state index is -0.336. The van der Waals surface area contributed by atoms with E-state index in [9.17, 15) is 4.79 Å². The highest BCUT2D eigenvalue weighted by atomic mass is 79.9. The number of hydrogen-bond donors (Lipinski definition) is 1. The summed E-state index contributed by atoms with van der Waals surface area (Å²) in [5.74, 6) is 0.946. The number of methoxy groups -OCH3 is 2. The van der Waals surface area contributed by atoms with Crippen molar-refractivity contribution < 1.29 is 14.3 Å². The number of nitrogens with one attached hydrogen (secondary N) is 1. The Labute approximate surface area is 137 Å². The Morgan fingerprint density at radius 3 is 2.68 bits per heavy atom. The Balaban J connectivity index is 2.11. The number of ether oxygens (including phenoxy) is 2. The van der Waals surface area contributed by atoms with E-state index in [-0.39, 0.29) is 5.91 Å². The second-order valence-corrected chi connectivity index (χ2v) is 5.14. The molecule has 114 valence electrons. The number of hydrogen-bond acceptors (Lipinski definition) is 4. The normalized spacial score (nSPS) is 10.5. The van der Waals surface area contributed by atoms with E-state index < -0.39 is 0 Å². The largest absolute Gasteiger partial charge is 0.497 e. The van der Waals surface area contributed by atoms with Gasteiger partial charge in [-0.15, -0.1) is 0 Å². The van der Waals surface area contributed by atoms with E-state index in [1.807, 2.05) is 24.3 Å². The number of halogens is 1. The van der Waals surface area contributed by atoms with E-state index in [1.165, 1.54) is 6.21 Å². The lowest BCUT2D eigenvalue weighted by atomic mass is 10.2. The van der Waals surface area contributed by atoms with Gasteiger partial charge in [0.05, 0.1) is 26.0 Å². The molecular weight excluding hydrogens is 348 g/mol. The molecule has 0 saturated carbocycles. The van der Waals surface area contributed by atoms with E-state index >= 15 is 0 Å². The molecule has 5 nitrogen and oxygen atoms in total. The zero-order valence-electron chi connectivity index (χ0n) is 12.2. The fourth-order valence-corrected chi connectivity index (χ4v) is 2.23. The molecule has 22 heavy (non-hydrogen) atoms. The van der Waals surface area contributed by atoms with Crippen molar-refractivity contribution in [1.29, 1.82) is 0 Å². The first-order valence-electron chi connectivity index (χ1n) is 6.45. The molecule has 2 rings (SSSR count). The first-order valence-corrected chi connectivity index (χ1v) is 7.25. The minimum absolute atomic E-state index is 0.336. The topological polar surface area (TPSA) is 59.9 Å². The van der Waals surface area contributed by atoms with Gasteiger partial charge in [-0.1, -0.05) is 12.1 Å². The molecule has 0 radical (unpaired) electrons. The molecule has 0 atom stereocenters. The zero-order chi connectivity index (χ0) is 15.9. The van der Waals surface area contributed by atoms with Crippen LogP contribution in [0.4, 0.5) is 0 Å². The summed E-state index contributed by atoms with van der Waals surface area (Å²) in [6, 6.07) is 12.5. The molecule has 0 fully saturated rings. The SMILES string of the molecule is COc1ccc(Br)c(C(=O)N/N=C\c2ccccc2OC)c1. The molecule has 0 heterocycles. The van der Waals surface area contributed by atoms with Crippen LogP contribution in [0.15, 0.2) is 52.0 Å². The molecule has 0 spiro atoms. The number of amides is 1. The van der Waals surface area contributed by atoms with Gasteiger partial charge in [-0.3, -0.25) is 4.79 Å². The van der Waals surface area contributed by atoms with Crippen LogP contribution in [0.3, 0.4) is 0 Å². The van der Waals surface area contributed by atoms with Crippen LogP contribution in [0.1, 0.15) is 15.9 Å². The van der Waals surface area contributed by atoms with Crippen LogP contribution in [0, 0.1) is 0 Å². The highest BCUT2D eigenvalue weighted by Gasteiger charge is 2.10. The van der Waals surface area contributed by atoms with Gasteiger partial charge in [0.2, 0.25) is 0 Å². The van der Waals surface area contributed by atoms with Crippen LogP contribution in [0.5, 0.6) is 11.5 Å². The van der Waals surface area contributed by atoms with Gasteiger partial charge < -0.3 is 9.47 Å². The van der Waals surface area contributed by atoms with E-state index in [0.29, 0.717) is 21.5 Å². The Morgan fingerprint density at radius 1 is 1.18 bits per heavy atom. The van der Waals surface area contributed by atoms with E-state index in [0.717, 1.165) is 5.56 Å². The predicted molar refractivity (Wildman–Crippen MR) is 88.7 cm³/mol. The summed E-state index contributed by atoms with van der Waals surface area (Å²) < 4.78 is 11.0. The molecule has 0 aliphatic rings. The summed E-state index contributed by atoms with van der Waals surface area (Å²) in [5, 5.41) is 3.96. The van der Waals surface area contributed by atoms with Crippen molar-refractivity contribution in [1.82, 2.24) is 5.43 Å². The summed E-state index contributed by atoms with van der Waals surface area (Å²) in [6.07, 6.45) is 1.53. The first kappa shape index (κ1) is 16.0. The van der Waals surface area contributed by atoms with Crippen LogP contribution >= 0.6 is 15.9 Å². The number of rotatable bonds is 5. The summed E-state index contributed by atoms with van der Waals surface area (Å²) in [6.45, 7) is 0. The quantitative estimate of drug-likeness (QED) is 0.656. The maximum absolute atomic E-state index is 12.1. The van der Waals surface area contributed by atoms with Crippen molar-refractivity contribution >= 4 is 28.1 Å². The Bertz CT molecular complexity index is 702. The molecule has 1 N–H and O–H groups in total. The number of para-hydroxylation sites is 1. The lowest BCUT2D eigenvalue weighted by Gasteiger charge is -2.06. The number of carbonyl (C=O) groups is 1. The second-order valence-electron chi connectivity index (χ2n) is 4.29. The van der Waals surface area contributed by atoms with E-state index in [1.54, 1.807) is 32.4 Å². The molecule has 1 amide bonds. The third-order valence-corrected chi connectivity index (χ3v) is 3.62. The number of nitrogens with zero attached hydrogens (tertiary/aromatic N) is 1. The van der Waals surface area contributed by atoms with Crippen molar-refractivity contribution in [2.45, 2.75) is 0 Å². The van der Waals surface area contributed by atoms with Crippen molar-refractivity contribution in [2.24, 2.45) is 5.10 Å². The monoisotopic (exact) mass is 362 g/mol. The second kappa shape index (κ2) is 7.61. The van der Waals surface area contributed by atoms with Crippen molar-refractivity contribution in [2.75, 3.05) is 14.2 Å². The summed E-state index contributed by atoms with van der Waals surface area (Å²) >= 11 is 3.33. The van der Waals surface area contributed by atoms with Crippen molar-refractivity contribution in [3.8, 4) is 11.5 Å². The summed E-state index contributed by atoms with van der Waals surface area (Å²) in [4.78, 5) is 12.1. The summed E-state index contributed by atoms with van der Waals surface area (Å²) in [5.41, 5.74) is 3.69. The van der Waals surface area contributed by atoms with Gasteiger partial charge in [-0.2, -0.15) is 5.10 Å². The third-order valence-electron chi connectivity index (χ3n) is 2.93. The maximum atomic E-state index is 12.1. The summed E-state index contributed by atoms with van der Waals surface area (Å²) in [7, 11) is 3.13. The van der Waals surface area contributed by atoms with Gasteiger partial charge in [0, 0.05) is 10.0 Å². The van der Waals surface area contributed by atoms with Gasteiger partial charge in [0.15, 0.2) is 0 Å². The van der Waals surface area contributed by atoms with Crippen LogP contribution < -0.4 is 14.9 Å². The highest BCUT2D eigenvalue weighted by molar-refractivity contribution is 9.10. The lowest BCUT2D eigenvalue weighted by Crippen LogP contribution is -2.18. The minimum Gasteiger partial charge on any atom is -0.497 e. The molecule has 0 aromatic heterocycles. The zero-order valence-corrected chi connectivity index (χ0v) is 13.8. The van der Waals surface area contributed by atoms with Crippen molar-refractivity contribution in [3.63, 3.8) is 0 Å². The fourth-order valence-electron chi connectivity index (χ4n) is 1.80. The van der Waals surface area contributed by atoms with Gasteiger partial charge in [0.25, 0.3) is 5.91 Å². The first-order chi connectivity index (χ1) is 10.7. The van der Waals surface area contributed by atoms with Gasteiger partial charge in [-0.25, -0.2) is 5.43 Å². The van der Waals surface area contributed by atoms with Crippen LogP contribution in [-0.2, 0) is 0 Å². The molecule has 0 bridgehead atoms. The standard InChI is InChI=1S/C16H15BrN2O3/c1-21-12-7-8-14(17)13(9-12)16(20)19-18-10-11-5-3-4-6-15(11)22-2/h3-10H,1-2H3,(H,19,20)/b18-10-. The molecule has 6 heteroatoms. The third kappa shape index (κ3) is 3.85. The van der Waals surface area contributed by atoms with Crippen molar-refractivity contribution in [3.05, 3.63) is 58.1 Å². The average Bonchev–Trinajstić information content (AvgIpc) is 2.55. The van der Waals surface area contributed by atoms with Crippen LogP contribution in [0.2, 0.25) is 0 Å². The van der Waals surface area contributed by atoms with Crippen LogP contribution in [0.25, 0.3) is 0 Å². The average molecular weight is 363 g/mol. The maximum Gasteiger partial charge on any atom is 0.272 e.